The van der Waals surface area contributed by atoms with Crippen molar-refractivity contribution in [3.05, 3.63) is 11.6 Å². The second-order valence-electron chi connectivity index (χ2n) is 5.86. The van der Waals surface area contributed by atoms with Gasteiger partial charge in [-0.1, -0.05) is 0 Å². The number of amides is 1. The average Bonchev–Trinajstić information content (AvgIpc) is 2.95. The molecular formula is C13H21N5O2. The van der Waals surface area contributed by atoms with Gasteiger partial charge in [0.1, 0.15) is 12.4 Å². The van der Waals surface area contributed by atoms with E-state index in [0.29, 0.717) is 0 Å². The summed E-state index contributed by atoms with van der Waals surface area (Å²) >= 11 is 0. The van der Waals surface area contributed by atoms with Crippen LogP contribution in [-0.2, 0) is 22.5 Å². The minimum atomic E-state index is -0.198. The lowest BCUT2D eigenvalue weighted by atomic mass is 10.0. The summed E-state index contributed by atoms with van der Waals surface area (Å²) in [5.74, 6) is 1.74. The molecule has 1 atom stereocenters. The molecule has 0 saturated carbocycles. The van der Waals surface area contributed by atoms with E-state index in [1.807, 2.05) is 13.8 Å². The zero-order valence-corrected chi connectivity index (χ0v) is 12.0. The Kier molecular flexibility index (Phi) is 3.47. The summed E-state index contributed by atoms with van der Waals surface area (Å²) in [5, 5.41) is 14.4. The molecule has 1 unspecified atom stereocenters. The molecule has 2 N–H and O–H groups in total. The third-order valence-corrected chi connectivity index (χ3v) is 3.95. The molecule has 7 nitrogen and oxygen atoms in total. The van der Waals surface area contributed by atoms with Crippen molar-refractivity contribution < 1.29 is 9.53 Å². The number of carbonyl (C=O) groups excluding carboxylic acids is 1. The predicted molar refractivity (Wildman–Crippen MR) is 72.1 cm³/mol. The van der Waals surface area contributed by atoms with Crippen molar-refractivity contribution in [1.29, 1.82) is 0 Å². The minimum Gasteiger partial charge on any atom is -0.363 e. The molecule has 0 aliphatic carbocycles. The van der Waals surface area contributed by atoms with Gasteiger partial charge in [0.25, 0.3) is 0 Å². The molecule has 2 aliphatic rings. The average molecular weight is 279 g/mol. The number of carbonyl (C=O) groups is 1. The molecule has 3 heterocycles. The van der Waals surface area contributed by atoms with Gasteiger partial charge in [-0.25, -0.2) is 0 Å². The first kappa shape index (κ1) is 13.5. The second-order valence-corrected chi connectivity index (χ2v) is 5.86. The Morgan fingerprint density at radius 3 is 3.05 bits per heavy atom. The number of nitrogens with one attached hydrogen (secondary N) is 2. The van der Waals surface area contributed by atoms with E-state index in [1.165, 1.54) is 0 Å². The lowest BCUT2D eigenvalue weighted by Crippen LogP contribution is -2.59. The predicted octanol–water partition coefficient (Wildman–Crippen LogP) is -0.220. The molecule has 20 heavy (non-hydrogen) atoms. The SMILES string of the molecule is CC(NC(=O)COC1(C)CNC1)c1nnc2n1CCC2. The van der Waals surface area contributed by atoms with E-state index in [9.17, 15) is 4.79 Å². The van der Waals surface area contributed by atoms with E-state index in [0.717, 1.165) is 44.1 Å². The van der Waals surface area contributed by atoms with Crippen LogP contribution in [0.4, 0.5) is 0 Å². The fraction of sp³-hybridized carbons (Fsp3) is 0.769. The van der Waals surface area contributed by atoms with Gasteiger partial charge in [-0.3, -0.25) is 4.79 Å². The maximum atomic E-state index is 11.9. The van der Waals surface area contributed by atoms with Gasteiger partial charge >= 0.3 is 0 Å². The third kappa shape index (κ3) is 2.55. The molecule has 0 bridgehead atoms. The maximum absolute atomic E-state index is 11.9. The standard InChI is InChI=1S/C13H21N5O2/c1-9(12-17-16-10-4-3-5-18(10)12)15-11(19)6-20-13(2)7-14-8-13/h9,14H,3-8H2,1-2H3,(H,15,19). The van der Waals surface area contributed by atoms with Gasteiger partial charge in [0, 0.05) is 26.1 Å². The molecule has 1 aromatic heterocycles. The first-order chi connectivity index (χ1) is 9.57. The van der Waals surface area contributed by atoms with Crippen LogP contribution in [0.25, 0.3) is 0 Å². The molecule has 7 heteroatoms. The molecule has 1 aromatic rings. The molecule has 1 saturated heterocycles. The summed E-state index contributed by atoms with van der Waals surface area (Å²) in [6.07, 6.45) is 2.08. The highest BCUT2D eigenvalue weighted by molar-refractivity contribution is 5.77. The summed E-state index contributed by atoms with van der Waals surface area (Å²) in [6.45, 7) is 6.56. The highest BCUT2D eigenvalue weighted by Crippen LogP contribution is 2.19. The van der Waals surface area contributed by atoms with E-state index in [4.69, 9.17) is 4.74 Å². The Balaban J connectivity index is 1.53. The van der Waals surface area contributed by atoms with Crippen LogP contribution in [0.1, 0.15) is 38.0 Å². The quantitative estimate of drug-likeness (QED) is 0.779. The minimum absolute atomic E-state index is 0.0868. The van der Waals surface area contributed by atoms with E-state index in [1.54, 1.807) is 0 Å². The van der Waals surface area contributed by atoms with Crippen LogP contribution >= 0.6 is 0 Å². The van der Waals surface area contributed by atoms with E-state index in [-0.39, 0.29) is 24.2 Å². The number of aromatic nitrogens is 3. The number of rotatable bonds is 5. The second kappa shape index (κ2) is 5.14. The van der Waals surface area contributed by atoms with Gasteiger partial charge in [-0.05, 0) is 20.3 Å². The van der Waals surface area contributed by atoms with Crippen molar-refractivity contribution in [2.75, 3.05) is 19.7 Å². The van der Waals surface area contributed by atoms with E-state index in [2.05, 4.69) is 25.4 Å². The van der Waals surface area contributed by atoms with Crippen LogP contribution in [0.5, 0.6) is 0 Å². The van der Waals surface area contributed by atoms with Crippen molar-refractivity contribution in [3.63, 3.8) is 0 Å². The van der Waals surface area contributed by atoms with Crippen molar-refractivity contribution in [3.8, 4) is 0 Å². The zero-order valence-electron chi connectivity index (χ0n) is 12.0. The number of hydrogen-bond acceptors (Lipinski definition) is 5. The molecule has 0 aromatic carbocycles. The third-order valence-electron chi connectivity index (χ3n) is 3.95. The normalized spacial score (nSPS) is 21.1. The first-order valence-electron chi connectivity index (χ1n) is 7.13. The van der Waals surface area contributed by atoms with Crippen LogP contribution in [0.2, 0.25) is 0 Å². The Bertz CT molecular complexity index is 509. The zero-order chi connectivity index (χ0) is 14.2. The van der Waals surface area contributed by atoms with Crippen LogP contribution in [0, 0.1) is 0 Å². The fourth-order valence-electron chi connectivity index (χ4n) is 2.66. The highest BCUT2D eigenvalue weighted by Gasteiger charge is 2.33. The molecule has 0 spiro atoms. The summed E-state index contributed by atoms with van der Waals surface area (Å²) < 4.78 is 7.72. The van der Waals surface area contributed by atoms with Gasteiger partial charge in [-0.2, -0.15) is 0 Å². The number of fused-ring (bicyclic) bond motifs is 1. The highest BCUT2D eigenvalue weighted by atomic mass is 16.5. The van der Waals surface area contributed by atoms with Crippen LogP contribution in [-0.4, -0.2) is 46.0 Å². The van der Waals surface area contributed by atoms with Crippen LogP contribution in [0.3, 0.4) is 0 Å². The Hall–Kier alpha value is -1.47. The van der Waals surface area contributed by atoms with Gasteiger partial charge in [0.2, 0.25) is 5.91 Å². The maximum Gasteiger partial charge on any atom is 0.246 e. The number of nitrogens with zero attached hydrogens (tertiary/aromatic N) is 3. The van der Waals surface area contributed by atoms with Crippen LogP contribution in [0.15, 0.2) is 0 Å². The van der Waals surface area contributed by atoms with Gasteiger partial charge in [0.15, 0.2) is 5.82 Å². The summed E-state index contributed by atoms with van der Waals surface area (Å²) in [7, 11) is 0. The lowest BCUT2D eigenvalue weighted by molar-refractivity contribution is -0.136. The van der Waals surface area contributed by atoms with Gasteiger partial charge < -0.3 is 19.9 Å². The molecular weight excluding hydrogens is 258 g/mol. The molecule has 2 aliphatic heterocycles. The van der Waals surface area contributed by atoms with E-state index >= 15 is 0 Å². The Labute approximate surface area is 118 Å². The molecule has 0 radical (unpaired) electrons. The van der Waals surface area contributed by atoms with Crippen molar-refractivity contribution in [2.45, 2.75) is 44.9 Å². The topological polar surface area (TPSA) is 81.1 Å². The van der Waals surface area contributed by atoms with E-state index < -0.39 is 0 Å². The number of ether oxygens (including phenoxy) is 1. The van der Waals surface area contributed by atoms with Crippen LogP contribution < -0.4 is 10.6 Å². The fourth-order valence-corrected chi connectivity index (χ4v) is 2.66. The monoisotopic (exact) mass is 279 g/mol. The van der Waals surface area contributed by atoms with Gasteiger partial charge in [-0.15, -0.1) is 10.2 Å². The van der Waals surface area contributed by atoms with Crippen molar-refractivity contribution in [2.24, 2.45) is 0 Å². The molecule has 1 fully saturated rings. The molecule has 1 amide bonds. The summed E-state index contributed by atoms with van der Waals surface area (Å²) in [4.78, 5) is 11.9. The summed E-state index contributed by atoms with van der Waals surface area (Å²) in [6, 6.07) is -0.141. The van der Waals surface area contributed by atoms with Crippen molar-refractivity contribution in [1.82, 2.24) is 25.4 Å². The first-order valence-corrected chi connectivity index (χ1v) is 7.13. The summed E-state index contributed by atoms with van der Waals surface area (Å²) in [5.41, 5.74) is -0.198. The number of hydrogen-bond donors (Lipinski definition) is 2. The molecule has 3 rings (SSSR count). The Morgan fingerprint density at radius 1 is 1.55 bits per heavy atom. The van der Waals surface area contributed by atoms with Crippen molar-refractivity contribution >= 4 is 5.91 Å². The molecule has 110 valence electrons. The number of aryl methyl sites for hydroxylation is 1. The smallest absolute Gasteiger partial charge is 0.246 e. The lowest BCUT2D eigenvalue weighted by Gasteiger charge is -2.38. The largest absolute Gasteiger partial charge is 0.363 e. The Morgan fingerprint density at radius 2 is 2.35 bits per heavy atom. The van der Waals surface area contributed by atoms with Gasteiger partial charge in [0.05, 0.1) is 11.6 Å².